The Bertz CT molecular complexity index is 627. The van der Waals surface area contributed by atoms with E-state index < -0.39 is 0 Å². The second kappa shape index (κ2) is 4.70. The molecule has 1 aliphatic rings. The molecule has 0 unspecified atom stereocenters. The van der Waals surface area contributed by atoms with Crippen molar-refractivity contribution in [2.24, 2.45) is 0 Å². The molecule has 0 aromatic heterocycles. The van der Waals surface area contributed by atoms with Crippen LogP contribution in [0, 0.1) is 0 Å². The van der Waals surface area contributed by atoms with Gasteiger partial charge in [-0.05, 0) is 47.1 Å². The van der Waals surface area contributed by atoms with Crippen LogP contribution in [0.25, 0.3) is 5.57 Å². The van der Waals surface area contributed by atoms with Crippen molar-refractivity contribution in [2.45, 2.75) is 33.1 Å². The van der Waals surface area contributed by atoms with Gasteiger partial charge < -0.3 is 0 Å². The SMILES string of the molecule is CC1=C(c2ccc(C(C)C)cc2)c2ccccc2C1. The van der Waals surface area contributed by atoms with Crippen molar-refractivity contribution < 1.29 is 0 Å². The summed E-state index contributed by atoms with van der Waals surface area (Å²) in [7, 11) is 0. The maximum atomic E-state index is 2.27. The maximum absolute atomic E-state index is 2.27. The summed E-state index contributed by atoms with van der Waals surface area (Å²) in [6.45, 7) is 6.74. The molecule has 0 aliphatic heterocycles. The fourth-order valence-corrected chi connectivity index (χ4v) is 2.96. The van der Waals surface area contributed by atoms with E-state index >= 15 is 0 Å². The summed E-state index contributed by atoms with van der Waals surface area (Å²) in [5.41, 5.74) is 8.56. The smallest absolute Gasteiger partial charge is 0.00543 e. The monoisotopic (exact) mass is 248 g/mol. The molecule has 0 nitrogen and oxygen atoms in total. The first-order valence-electron chi connectivity index (χ1n) is 7.05. The minimum Gasteiger partial charge on any atom is -0.0619 e. The van der Waals surface area contributed by atoms with Gasteiger partial charge in [0.15, 0.2) is 0 Å². The molecular formula is C19H20. The van der Waals surface area contributed by atoms with E-state index in [1.165, 1.54) is 33.4 Å². The summed E-state index contributed by atoms with van der Waals surface area (Å²) in [6, 6.07) is 17.8. The Hall–Kier alpha value is -1.82. The fourth-order valence-electron chi connectivity index (χ4n) is 2.96. The van der Waals surface area contributed by atoms with E-state index in [0.29, 0.717) is 5.92 Å². The largest absolute Gasteiger partial charge is 0.0619 e. The second-order valence-electron chi connectivity index (χ2n) is 5.77. The van der Waals surface area contributed by atoms with E-state index in [2.05, 4.69) is 69.3 Å². The van der Waals surface area contributed by atoms with E-state index in [1.807, 2.05) is 0 Å². The Morgan fingerprint density at radius 3 is 2.26 bits per heavy atom. The number of allylic oxidation sites excluding steroid dienone is 1. The zero-order valence-corrected chi connectivity index (χ0v) is 11.9. The molecule has 0 N–H and O–H groups in total. The highest BCUT2D eigenvalue weighted by Crippen LogP contribution is 2.37. The lowest BCUT2D eigenvalue weighted by Gasteiger charge is -2.10. The summed E-state index contributed by atoms with van der Waals surface area (Å²) < 4.78 is 0. The zero-order chi connectivity index (χ0) is 13.4. The third kappa shape index (κ3) is 2.12. The Kier molecular flexibility index (Phi) is 3.02. The van der Waals surface area contributed by atoms with Gasteiger partial charge >= 0.3 is 0 Å². The topological polar surface area (TPSA) is 0 Å². The number of fused-ring (bicyclic) bond motifs is 1. The molecule has 0 saturated carbocycles. The van der Waals surface area contributed by atoms with Gasteiger partial charge in [0, 0.05) is 0 Å². The predicted molar refractivity (Wildman–Crippen MR) is 82.4 cm³/mol. The van der Waals surface area contributed by atoms with Gasteiger partial charge in [-0.2, -0.15) is 0 Å². The minimum atomic E-state index is 0.597. The van der Waals surface area contributed by atoms with Crippen molar-refractivity contribution in [1.29, 1.82) is 0 Å². The molecule has 0 fully saturated rings. The highest BCUT2D eigenvalue weighted by atomic mass is 14.2. The summed E-state index contributed by atoms with van der Waals surface area (Å²) >= 11 is 0. The molecule has 2 aromatic carbocycles. The summed E-state index contributed by atoms with van der Waals surface area (Å²) in [6.07, 6.45) is 1.09. The number of rotatable bonds is 2. The van der Waals surface area contributed by atoms with Crippen LogP contribution in [0.4, 0.5) is 0 Å². The Balaban J connectivity index is 2.05. The van der Waals surface area contributed by atoms with Crippen LogP contribution < -0.4 is 0 Å². The molecule has 0 radical (unpaired) electrons. The summed E-state index contributed by atoms with van der Waals surface area (Å²) in [4.78, 5) is 0. The molecule has 1 aliphatic carbocycles. The molecule has 2 aromatic rings. The standard InChI is InChI=1S/C19H20/c1-13(2)15-8-10-16(11-9-15)19-14(3)12-17-6-4-5-7-18(17)19/h4-11,13H,12H2,1-3H3. The lowest BCUT2D eigenvalue weighted by atomic mass is 9.95. The van der Waals surface area contributed by atoms with E-state index in [-0.39, 0.29) is 0 Å². The molecule has 0 bridgehead atoms. The quantitative estimate of drug-likeness (QED) is 0.686. The molecule has 19 heavy (non-hydrogen) atoms. The maximum Gasteiger partial charge on any atom is -0.00543 e. The highest BCUT2D eigenvalue weighted by Gasteiger charge is 2.19. The van der Waals surface area contributed by atoms with Crippen molar-refractivity contribution in [1.82, 2.24) is 0 Å². The van der Waals surface area contributed by atoms with Crippen LogP contribution in [0.2, 0.25) is 0 Å². The molecule has 0 atom stereocenters. The fraction of sp³-hybridized carbons (Fsp3) is 0.263. The highest BCUT2D eigenvalue weighted by molar-refractivity contribution is 5.87. The molecule has 0 saturated heterocycles. The minimum absolute atomic E-state index is 0.597. The Morgan fingerprint density at radius 1 is 0.895 bits per heavy atom. The van der Waals surface area contributed by atoms with Gasteiger partial charge in [0.2, 0.25) is 0 Å². The predicted octanol–water partition coefficient (Wildman–Crippen LogP) is 5.19. The molecule has 0 amide bonds. The van der Waals surface area contributed by atoms with Gasteiger partial charge in [-0.1, -0.05) is 68.0 Å². The molecule has 0 heteroatoms. The second-order valence-corrected chi connectivity index (χ2v) is 5.77. The number of benzene rings is 2. The van der Waals surface area contributed by atoms with Crippen LogP contribution in [-0.4, -0.2) is 0 Å². The van der Waals surface area contributed by atoms with Gasteiger partial charge in [-0.15, -0.1) is 0 Å². The third-order valence-corrected chi connectivity index (χ3v) is 4.04. The van der Waals surface area contributed by atoms with Crippen LogP contribution in [0.1, 0.15) is 48.9 Å². The van der Waals surface area contributed by atoms with Gasteiger partial charge in [0.1, 0.15) is 0 Å². The van der Waals surface area contributed by atoms with Gasteiger partial charge in [0.25, 0.3) is 0 Å². The Labute approximate surface area is 115 Å². The lowest BCUT2D eigenvalue weighted by molar-refractivity contribution is 0.866. The van der Waals surface area contributed by atoms with Crippen molar-refractivity contribution in [3.8, 4) is 0 Å². The van der Waals surface area contributed by atoms with E-state index in [0.717, 1.165) is 6.42 Å². The van der Waals surface area contributed by atoms with E-state index in [1.54, 1.807) is 0 Å². The zero-order valence-electron chi connectivity index (χ0n) is 11.9. The van der Waals surface area contributed by atoms with Crippen molar-refractivity contribution in [2.75, 3.05) is 0 Å². The number of hydrogen-bond acceptors (Lipinski definition) is 0. The number of hydrogen-bond donors (Lipinski definition) is 0. The lowest BCUT2D eigenvalue weighted by Crippen LogP contribution is -1.90. The normalized spacial score (nSPS) is 14.1. The van der Waals surface area contributed by atoms with Crippen molar-refractivity contribution >= 4 is 5.57 Å². The van der Waals surface area contributed by atoms with Gasteiger partial charge in [0.05, 0.1) is 0 Å². The first kappa shape index (κ1) is 12.2. The van der Waals surface area contributed by atoms with Crippen LogP contribution in [0.15, 0.2) is 54.1 Å². The van der Waals surface area contributed by atoms with Crippen LogP contribution in [0.5, 0.6) is 0 Å². The molecule has 3 rings (SSSR count). The van der Waals surface area contributed by atoms with Gasteiger partial charge in [-0.25, -0.2) is 0 Å². The van der Waals surface area contributed by atoms with Crippen LogP contribution in [0.3, 0.4) is 0 Å². The molecule has 96 valence electrons. The summed E-state index contributed by atoms with van der Waals surface area (Å²) in [5, 5.41) is 0. The van der Waals surface area contributed by atoms with Crippen LogP contribution in [-0.2, 0) is 6.42 Å². The average molecular weight is 248 g/mol. The Morgan fingerprint density at radius 2 is 1.58 bits per heavy atom. The summed E-state index contributed by atoms with van der Waals surface area (Å²) in [5.74, 6) is 0.597. The van der Waals surface area contributed by atoms with E-state index in [4.69, 9.17) is 0 Å². The third-order valence-electron chi connectivity index (χ3n) is 4.04. The van der Waals surface area contributed by atoms with Crippen molar-refractivity contribution in [3.63, 3.8) is 0 Å². The average Bonchev–Trinajstić information content (AvgIpc) is 2.74. The van der Waals surface area contributed by atoms with E-state index in [9.17, 15) is 0 Å². The molecule has 0 heterocycles. The van der Waals surface area contributed by atoms with Crippen LogP contribution >= 0.6 is 0 Å². The molecule has 0 spiro atoms. The molecular weight excluding hydrogens is 228 g/mol. The van der Waals surface area contributed by atoms with Gasteiger partial charge in [-0.3, -0.25) is 0 Å². The first-order chi connectivity index (χ1) is 9.16. The van der Waals surface area contributed by atoms with Crippen molar-refractivity contribution in [3.05, 3.63) is 76.4 Å². The first-order valence-corrected chi connectivity index (χ1v) is 7.05.